The Bertz CT molecular complexity index is 1820. The molecule has 2 aromatic carbocycles. The van der Waals surface area contributed by atoms with Gasteiger partial charge in [-0.05, 0) is 61.9 Å². The zero-order chi connectivity index (χ0) is 30.2. The molecule has 0 aliphatic carbocycles. The van der Waals surface area contributed by atoms with Gasteiger partial charge in [0.05, 0.1) is 23.9 Å². The molecule has 218 valence electrons. The molecule has 4 heterocycles. The van der Waals surface area contributed by atoms with Crippen LogP contribution in [0.2, 0.25) is 0 Å². The molecule has 1 atom stereocenters. The Labute approximate surface area is 250 Å². The van der Waals surface area contributed by atoms with Crippen molar-refractivity contribution in [2.45, 2.75) is 24.4 Å². The van der Waals surface area contributed by atoms with Gasteiger partial charge in [0.2, 0.25) is 0 Å². The normalized spacial score (nSPS) is 18.8. The molecule has 1 amide bonds. The number of hydrogen-bond acceptors (Lipinski definition) is 9. The van der Waals surface area contributed by atoms with Gasteiger partial charge in [0, 0.05) is 61.6 Å². The number of piperazine rings is 1. The largest absolute Gasteiger partial charge is 0.493 e. The fourth-order valence-electron chi connectivity index (χ4n) is 6.02. The minimum Gasteiger partial charge on any atom is -0.493 e. The molecule has 0 bridgehead atoms. The first kappa shape index (κ1) is 28.3. The summed E-state index contributed by atoms with van der Waals surface area (Å²) in [7, 11) is -4.43. The van der Waals surface area contributed by atoms with Crippen LogP contribution in [0.3, 0.4) is 0 Å². The Hall–Kier alpha value is -4.79. The summed E-state index contributed by atoms with van der Waals surface area (Å²) in [5, 5.41) is 9.65. The van der Waals surface area contributed by atoms with E-state index in [1.807, 2.05) is 43.0 Å². The number of para-hydroxylation sites is 1. The fourth-order valence-corrected chi connectivity index (χ4v) is 7.40. The second-order valence-electron chi connectivity index (χ2n) is 10.4. The molecule has 2 aliphatic heterocycles. The van der Waals surface area contributed by atoms with E-state index in [9.17, 15) is 13.7 Å². The van der Waals surface area contributed by atoms with Crippen LogP contribution in [-0.4, -0.2) is 62.0 Å². The predicted octanol–water partition coefficient (Wildman–Crippen LogP) is 3.86. The maximum Gasteiger partial charge on any atom is 0.288 e. The standard InChI is InChI=1S/C32H30N6O4S/c1-3-42-29-7-5-4-6-26(29)32(37-18-16-36(17-19-37)25-12-14-34-15-13-25)27-20-24(21-33)9-10-28(27)38(31(32)39)43(40,41)30-11-8-23(2)22-35-30/h4-15,20,22H,3,16-19H2,1-2H3. The number of rotatable bonds is 7. The summed E-state index contributed by atoms with van der Waals surface area (Å²) in [4.78, 5) is 27.6. The second-order valence-corrected chi connectivity index (χ2v) is 12.1. The van der Waals surface area contributed by atoms with Gasteiger partial charge >= 0.3 is 0 Å². The molecule has 0 saturated carbocycles. The highest BCUT2D eigenvalue weighted by Gasteiger charge is 2.60. The Morgan fingerprint density at radius 3 is 2.40 bits per heavy atom. The SMILES string of the molecule is CCOc1ccccc1C1(N2CCN(c3ccncc3)CC2)C(=O)N(S(=O)(=O)c2ccc(C)cn2)c2ccc(C#N)cc21. The van der Waals surface area contributed by atoms with Crippen molar-refractivity contribution in [1.29, 1.82) is 5.26 Å². The number of aromatic nitrogens is 2. The van der Waals surface area contributed by atoms with Crippen molar-refractivity contribution in [3.05, 3.63) is 108 Å². The molecule has 43 heavy (non-hydrogen) atoms. The van der Waals surface area contributed by atoms with E-state index in [1.165, 1.54) is 24.4 Å². The van der Waals surface area contributed by atoms with Gasteiger partial charge < -0.3 is 9.64 Å². The molecule has 0 radical (unpaired) electrons. The summed E-state index contributed by atoms with van der Waals surface area (Å²) in [6.45, 7) is 6.03. The van der Waals surface area contributed by atoms with Gasteiger partial charge in [-0.25, -0.2) is 4.98 Å². The van der Waals surface area contributed by atoms with Gasteiger partial charge in [-0.2, -0.15) is 18.0 Å². The fraction of sp³-hybridized carbons (Fsp3) is 0.250. The van der Waals surface area contributed by atoms with Gasteiger partial charge in [-0.1, -0.05) is 24.3 Å². The lowest BCUT2D eigenvalue weighted by Gasteiger charge is -2.46. The molecule has 6 rings (SSSR count). The molecule has 1 saturated heterocycles. The Kier molecular flexibility index (Phi) is 7.33. The Morgan fingerprint density at radius 2 is 1.72 bits per heavy atom. The van der Waals surface area contributed by atoms with Gasteiger partial charge in [0.25, 0.3) is 15.9 Å². The molecule has 1 fully saturated rings. The number of aryl methyl sites for hydroxylation is 1. The molecule has 4 aromatic rings. The van der Waals surface area contributed by atoms with Crippen LogP contribution in [0, 0.1) is 18.3 Å². The minimum absolute atomic E-state index is 0.189. The smallest absolute Gasteiger partial charge is 0.288 e. The highest BCUT2D eigenvalue weighted by Crippen LogP contribution is 2.52. The van der Waals surface area contributed by atoms with Crippen molar-refractivity contribution in [3.8, 4) is 11.8 Å². The van der Waals surface area contributed by atoms with E-state index in [-0.39, 0.29) is 10.7 Å². The summed E-state index contributed by atoms with van der Waals surface area (Å²) in [5.74, 6) is -0.194. The summed E-state index contributed by atoms with van der Waals surface area (Å²) in [6, 6.07) is 21.0. The summed E-state index contributed by atoms with van der Waals surface area (Å²) >= 11 is 0. The number of amides is 1. The number of carbonyl (C=O) groups excluding carboxylic acids is 1. The van der Waals surface area contributed by atoms with Crippen LogP contribution < -0.4 is 13.9 Å². The number of nitrogens with zero attached hydrogens (tertiary/aromatic N) is 6. The average Bonchev–Trinajstić information content (AvgIpc) is 3.30. The van der Waals surface area contributed by atoms with E-state index >= 15 is 4.79 Å². The van der Waals surface area contributed by atoms with Crippen molar-refractivity contribution < 1.29 is 17.9 Å². The number of ether oxygens (including phenoxy) is 1. The van der Waals surface area contributed by atoms with E-state index in [0.717, 1.165) is 15.6 Å². The third-order valence-electron chi connectivity index (χ3n) is 7.98. The van der Waals surface area contributed by atoms with Crippen molar-refractivity contribution in [2.75, 3.05) is 42.0 Å². The van der Waals surface area contributed by atoms with Crippen LogP contribution >= 0.6 is 0 Å². The number of pyridine rings is 2. The topological polar surface area (TPSA) is 120 Å². The zero-order valence-electron chi connectivity index (χ0n) is 23.8. The van der Waals surface area contributed by atoms with E-state index in [4.69, 9.17) is 4.74 Å². The summed E-state index contributed by atoms with van der Waals surface area (Å²) < 4.78 is 35.4. The zero-order valence-corrected chi connectivity index (χ0v) is 24.7. The van der Waals surface area contributed by atoms with Crippen LogP contribution in [0.4, 0.5) is 11.4 Å². The van der Waals surface area contributed by atoms with Crippen LogP contribution in [0.5, 0.6) is 5.75 Å². The number of anilines is 2. The first-order valence-corrected chi connectivity index (χ1v) is 15.5. The van der Waals surface area contributed by atoms with Crippen LogP contribution in [0.1, 0.15) is 29.2 Å². The Morgan fingerprint density at radius 1 is 0.977 bits per heavy atom. The van der Waals surface area contributed by atoms with Crippen LogP contribution in [0.25, 0.3) is 0 Å². The quantitative estimate of drug-likeness (QED) is 0.314. The number of hydrogen-bond donors (Lipinski definition) is 0. The molecule has 1 unspecified atom stereocenters. The lowest BCUT2D eigenvalue weighted by molar-refractivity contribution is -0.127. The number of carbonyl (C=O) groups is 1. The lowest BCUT2D eigenvalue weighted by atomic mass is 9.80. The Balaban J connectivity index is 1.57. The predicted molar refractivity (Wildman–Crippen MR) is 161 cm³/mol. The number of benzene rings is 2. The van der Waals surface area contributed by atoms with Crippen molar-refractivity contribution in [2.24, 2.45) is 0 Å². The lowest BCUT2D eigenvalue weighted by Crippen LogP contribution is -2.60. The van der Waals surface area contributed by atoms with Crippen molar-refractivity contribution in [1.82, 2.24) is 14.9 Å². The molecular weight excluding hydrogens is 564 g/mol. The number of sulfonamides is 1. The third-order valence-corrected chi connectivity index (χ3v) is 9.59. The highest BCUT2D eigenvalue weighted by atomic mass is 32.2. The van der Waals surface area contributed by atoms with Gasteiger partial charge in [0.1, 0.15) is 5.75 Å². The molecular formula is C32H30N6O4S. The van der Waals surface area contributed by atoms with Gasteiger partial charge in [0.15, 0.2) is 10.6 Å². The van der Waals surface area contributed by atoms with E-state index in [0.29, 0.717) is 55.2 Å². The van der Waals surface area contributed by atoms with Crippen molar-refractivity contribution >= 4 is 27.3 Å². The summed E-state index contributed by atoms with van der Waals surface area (Å²) in [5.41, 5.74) is 1.65. The van der Waals surface area contributed by atoms with E-state index in [1.54, 1.807) is 36.7 Å². The first-order chi connectivity index (χ1) is 20.8. The van der Waals surface area contributed by atoms with E-state index < -0.39 is 21.5 Å². The number of fused-ring (bicyclic) bond motifs is 1. The molecule has 0 N–H and O–H groups in total. The number of nitriles is 1. The maximum absolute atomic E-state index is 15.1. The van der Waals surface area contributed by atoms with Crippen LogP contribution in [0.15, 0.2) is 90.3 Å². The maximum atomic E-state index is 15.1. The minimum atomic E-state index is -4.43. The highest BCUT2D eigenvalue weighted by molar-refractivity contribution is 7.93. The molecule has 2 aromatic heterocycles. The van der Waals surface area contributed by atoms with Gasteiger partial charge in [-0.15, -0.1) is 0 Å². The first-order valence-electron chi connectivity index (χ1n) is 14.0. The second kappa shape index (κ2) is 11.1. The average molecular weight is 595 g/mol. The molecule has 11 heteroatoms. The summed E-state index contributed by atoms with van der Waals surface area (Å²) in [6.07, 6.45) is 4.94. The third kappa shape index (κ3) is 4.59. The monoisotopic (exact) mass is 594 g/mol. The van der Waals surface area contributed by atoms with Crippen molar-refractivity contribution in [3.63, 3.8) is 0 Å². The molecule has 10 nitrogen and oxygen atoms in total. The van der Waals surface area contributed by atoms with Crippen LogP contribution in [-0.2, 0) is 20.4 Å². The van der Waals surface area contributed by atoms with E-state index in [2.05, 4.69) is 20.9 Å². The molecule has 0 spiro atoms. The molecule has 2 aliphatic rings. The van der Waals surface area contributed by atoms with Gasteiger partial charge in [-0.3, -0.25) is 14.7 Å².